The van der Waals surface area contributed by atoms with E-state index in [0.29, 0.717) is 17.6 Å². The summed E-state index contributed by atoms with van der Waals surface area (Å²) in [7, 11) is 1.43. The van der Waals surface area contributed by atoms with Crippen LogP contribution in [0.4, 0.5) is 0 Å². The summed E-state index contributed by atoms with van der Waals surface area (Å²) in [5, 5.41) is 2.20. The van der Waals surface area contributed by atoms with E-state index in [1.165, 1.54) is 67.9 Å². The van der Waals surface area contributed by atoms with Crippen LogP contribution in [0.1, 0.15) is 72.0 Å². The lowest BCUT2D eigenvalue weighted by atomic mass is 9.47. The molecule has 0 aromatic heterocycles. The fourth-order valence-electron chi connectivity index (χ4n) is 8.71. The van der Waals surface area contributed by atoms with Gasteiger partial charge in [0.15, 0.2) is 0 Å². The summed E-state index contributed by atoms with van der Waals surface area (Å²) in [5.74, 6) is 2.45. The summed E-state index contributed by atoms with van der Waals surface area (Å²) in [6.45, 7) is 1.47. The molecule has 3 heteroatoms. The molecule has 0 spiro atoms. The number of carbonyl (C=O) groups excluding carboxylic acids is 1. The van der Waals surface area contributed by atoms with Crippen LogP contribution in [0.25, 0.3) is 21.9 Å². The molecule has 4 bridgehead atoms. The van der Waals surface area contributed by atoms with Gasteiger partial charge in [0, 0.05) is 6.61 Å². The monoisotopic (exact) mass is 544 g/mol. The van der Waals surface area contributed by atoms with Gasteiger partial charge in [-0.25, -0.2) is 4.79 Å². The number of benzene rings is 4. The summed E-state index contributed by atoms with van der Waals surface area (Å²) in [4.78, 5) is 12.0. The Morgan fingerprint density at radius 2 is 1.44 bits per heavy atom. The highest BCUT2D eigenvalue weighted by Crippen LogP contribution is 2.61. The molecular weight excluding hydrogens is 504 g/mol. The third kappa shape index (κ3) is 5.33. The minimum absolute atomic E-state index is 0.294. The predicted molar refractivity (Wildman–Crippen MR) is 165 cm³/mol. The Morgan fingerprint density at radius 1 is 0.780 bits per heavy atom. The van der Waals surface area contributed by atoms with Crippen LogP contribution in [0.15, 0.2) is 84.9 Å². The number of carbonyl (C=O) groups is 1. The van der Waals surface area contributed by atoms with E-state index < -0.39 is 0 Å². The van der Waals surface area contributed by atoms with Gasteiger partial charge in [0.05, 0.1) is 19.3 Å². The Kier molecular flexibility index (Phi) is 7.16. The first-order chi connectivity index (χ1) is 20.1. The summed E-state index contributed by atoms with van der Waals surface area (Å²) in [6, 6.07) is 30.2. The molecule has 4 fully saturated rings. The van der Waals surface area contributed by atoms with Gasteiger partial charge in [0.2, 0.25) is 0 Å². The number of hydrogen-bond acceptors (Lipinski definition) is 3. The molecule has 4 aromatic rings. The molecule has 0 aliphatic heterocycles. The standard InChI is InChI=1S/C38H40O3/c1-40-37(39)35-14-13-31-19-32(11-12-33(31)20-35)34-10-9-30(8-5-15-41-25-26-6-3-2-4-7-26)36(21-34)38-22-27-16-28(23-38)18-29(17-27)24-38/h2-4,6-7,9-14,19-21,27-29H,5,8,15-18,22-25H2,1H3. The lowest BCUT2D eigenvalue weighted by Crippen LogP contribution is -2.49. The molecular formula is C38H40O3. The first kappa shape index (κ1) is 26.5. The van der Waals surface area contributed by atoms with Gasteiger partial charge in [-0.05, 0) is 131 Å². The normalized spacial score (nSPS) is 24.6. The molecule has 0 heterocycles. The van der Waals surface area contributed by atoms with Crippen molar-refractivity contribution in [3.63, 3.8) is 0 Å². The van der Waals surface area contributed by atoms with Crippen molar-refractivity contribution < 1.29 is 14.3 Å². The van der Waals surface area contributed by atoms with Crippen molar-refractivity contribution in [1.29, 1.82) is 0 Å². The molecule has 4 saturated carbocycles. The van der Waals surface area contributed by atoms with E-state index in [9.17, 15) is 4.79 Å². The average Bonchev–Trinajstić information content (AvgIpc) is 3.00. The highest BCUT2D eigenvalue weighted by Gasteiger charge is 2.52. The summed E-state index contributed by atoms with van der Waals surface area (Å²) >= 11 is 0. The number of rotatable bonds is 9. The molecule has 0 unspecified atom stereocenters. The van der Waals surface area contributed by atoms with Crippen molar-refractivity contribution in [3.8, 4) is 11.1 Å². The van der Waals surface area contributed by atoms with Gasteiger partial charge in [0.1, 0.15) is 0 Å². The molecule has 0 amide bonds. The number of hydrogen-bond donors (Lipinski definition) is 0. The minimum Gasteiger partial charge on any atom is -0.465 e. The smallest absolute Gasteiger partial charge is 0.337 e. The highest BCUT2D eigenvalue weighted by atomic mass is 16.5. The Bertz CT molecular complexity index is 1520. The fraction of sp³-hybridized carbons (Fsp3) is 0.395. The number of ether oxygens (including phenoxy) is 2. The molecule has 210 valence electrons. The number of methoxy groups -OCH3 is 1. The van der Waals surface area contributed by atoms with Gasteiger partial charge in [-0.2, -0.15) is 0 Å². The van der Waals surface area contributed by atoms with Crippen molar-refractivity contribution in [2.45, 2.75) is 63.4 Å². The first-order valence-electron chi connectivity index (χ1n) is 15.5. The maximum absolute atomic E-state index is 12.0. The molecule has 4 aliphatic carbocycles. The zero-order valence-electron chi connectivity index (χ0n) is 24.1. The second-order valence-corrected chi connectivity index (χ2v) is 13.0. The van der Waals surface area contributed by atoms with E-state index in [0.717, 1.165) is 48.0 Å². The quantitative estimate of drug-likeness (QED) is 0.156. The van der Waals surface area contributed by atoms with Crippen LogP contribution in [0.2, 0.25) is 0 Å². The third-order valence-corrected chi connectivity index (χ3v) is 10.2. The van der Waals surface area contributed by atoms with Crippen LogP contribution < -0.4 is 0 Å². The van der Waals surface area contributed by atoms with Crippen molar-refractivity contribution in [2.24, 2.45) is 17.8 Å². The number of fused-ring (bicyclic) bond motifs is 1. The van der Waals surface area contributed by atoms with Gasteiger partial charge in [-0.3, -0.25) is 0 Å². The molecule has 4 aromatic carbocycles. The fourth-order valence-corrected chi connectivity index (χ4v) is 8.71. The second-order valence-electron chi connectivity index (χ2n) is 13.0. The molecule has 0 atom stereocenters. The number of esters is 1. The van der Waals surface area contributed by atoms with Crippen LogP contribution in [-0.4, -0.2) is 19.7 Å². The van der Waals surface area contributed by atoms with E-state index >= 15 is 0 Å². The van der Waals surface area contributed by atoms with Gasteiger partial charge < -0.3 is 9.47 Å². The Hall–Kier alpha value is -3.43. The predicted octanol–water partition coefficient (Wildman–Crippen LogP) is 8.91. The maximum Gasteiger partial charge on any atom is 0.337 e. The molecule has 0 saturated heterocycles. The van der Waals surface area contributed by atoms with E-state index in [4.69, 9.17) is 9.47 Å². The van der Waals surface area contributed by atoms with E-state index in [2.05, 4.69) is 66.7 Å². The lowest BCUT2D eigenvalue weighted by molar-refractivity contribution is -0.00561. The maximum atomic E-state index is 12.0. The zero-order valence-corrected chi connectivity index (χ0v) is 24.1. The third-order valence-electron chi connectivity index (χ3n) is 10.2. The molecule has 41 heavy (non-hydrogen) atoms. The van der Waals surface area contributed by atoms with Gasteiger partial charge in [-0.15, -0.1) is 0 Å². The zero-order chi connectivity index (χ0) is 27.8. The Morgan fingerprint density at radius 3 is 2.17 bits per heavy atom. The molecule has 8 rings (SSSR count). The van der Waals surface area contributed by atoms with Crippen LogP contribution in [0.5, 0.6) is 0 Å². The molecule has 0 N–H and O–H groups in total. The van der Waals surface area contributed by atoms with Crippen LogP contribution >= 0.6 is 0 Å². The van der Waals surface area contributed by atoms with Gasteiger partial charge >= 0.3 is 5.97 Å². The van der Waals surface area contributed by atoms with Crippen LogP contribution in [0.3, 0.4) is 0 Å². The van der Waals surface area contributed by atoms with Crippen LogP contribution in [0, 0.1) is 17.8 Å². The van der Waals surface area contributed by atoms with Gasteiger partial charge in [-0.1, -0.05) is 66.7 Å². The van der Waals surface area contributed by atoms with E-state index in [1.54, 1.807) is 5.56 Å². The van der Waals surface area contributed by atoms with E-state index in [1.807, 2.05) is 18.2 Å². The summed E-state index contributed by atoms with van der Waals surface area (Å²) in [6.07, 6.45) is 10.6. The van der Waals surface area contributed by atoms with Crippen molar-refractivity contribution >= 4 is 16.7 Å². The lowest BCUT2D eigenvalue weighted by Gasteiger charge is -2.57. The first-order valence-corrected chi connectivity index (χ1v) is 15.5. The topological polar surface area (TPSA) is 35.5 Å². The molecule has 3 nitrogen and oxygen atoms in total. The Balaban J connectivity index is 1.17. The minimum atomic E-state index is -0.294. The van der Waals surface area contributed by atoms with Crippen molar-refractivity contribution in [1.82, 2.24) is 0 Å². The van der Waals surface area contributed by atoms with Crippen molar-refractivity contribution in [2.75, 3.05) is 13.7 Å². The second kappa shape index (κ2) is 11.1. The average molecular weight is 545 g/mol. The Labute approximate surface area is 243 Å². The van der Waals surface area contributed by atoms with E-state index in [-0.39, 0.29) is 5.97 Å². The summed E-state index contributed by atoms with van der Waals surface area (Å²) in [5.41, 5.74) is 7.88. The van der Waals surface area contributed by atoms with Gasteiger partial charge in [0.25, 0.3) is 0 Å². The number of aryl methyl sites for hydroxylation is 1. The van der Waals surface area contributed by atoms with Crippen LogP contribution in [-0.2, 0) is 27.9 Å². The molecule has 4 aliphatic rings. The summed E-state index contributed by atoms with van der Waals surface area (Å²) < 4.78 is 11.0. The van der Waals surface area contributed by atoms with Crippen molar-refractivity contribution in [3.05, 3.63) is 107 Å². The molecule has 0 radical (unpaired) electrons. The largest absolute Gasteiger partial charge is 0.465 e. The highest BCUT2D eigenvalue weighted by molar-refractivity contribution is 5.96. The SMILES string of the molecule is COC(=O)c1ccc2cc(-c3ccc(CCCOCc4ccccc4)c(C45CC6CC(CC(C6)C4)C5)c3)ccc2c1.